The van der Waals surface area contributed by atoms with E-state index >= 15 is 0 Å². The van der Waals surface area contributed by atoms with E-state index in [4.69, 9.17) is 4.74 Å². The highest BCUT2D eigenvalue weighted by atomic mass is 79.9. The van der Waals surface area contributed by atoms with Crippen LogP contribution >= 0.6 is 15.9 Å². The number of halogens is 4. The van der Waals surface area contributed by atoms with E-state index in [1.54, 1.807) is 39.0 Å². The topological polar surface area (TPSA) is 70.2 Å². The van der Waals surface area contributed by atoms with Crippen molar-refractivity contribution < 1.29 is 31.1 Å². The lowest BCUT2D eigenvalue weighted by Crippen LogP contribution is -2.61. The van der Waals surface area contributed by atoms with Crippen LogP contribution in [0.1, 0.15) is 26.3 Å². The predicted molar refractivity (Wildman–Crippen MR) is 129 cm³/mol. The monoisotopic (exact) mass is 575 g/mol. The van der Waals surface area contributed by atoms with Gasteiger partial charge in [0.1, 0.15) is 5.60 Å². The summed E-state index contributed by atoms with van der Waals surface area (Å²) in [7, 11) is -4.34. The third-order valence-electron chi connectivity index (χ3n) is 5.78. The molecule has 1 atom stereocenters. The lowest BCUT2D eigenvalue weighted by atomic mass is 10.1. The molecule has 2 aliphatic rings. The number of piperazine rings is 1. The van der Waals surface area contributed by atoms with Crippen molar-refractivity contribution in [3.8, 4) is 0 Å². The second-order valence-corrected chi connectivity index (χ2v) is 12.2. The van der Waals surface area contributed by atoms with E-state index in [1.807, 2.05) is 4.90 Å². The zero-order chi connectivity index (χ0) is 25.8. The molecule has 0 N–H and O–H groups in total. The van der Waals surface area contributed by atoms with Gasteiger partial charge < -0.3 is 14.5 Å². The van der Waals surface area contributed by atoms with Crippen molar-refractivity contribution in [2.24, 2.45) is 0 Å². The number of nitrogens with zero attached hydrogens (tertiary/aromatic N) is 3. The Labute approximate surface area is 210 Å². The number of ether oxygens (including phenoxy) is 1. The number of amides is 1. The number of sulfonamides is 1. The molecule has 2 aromatic rings. The lowest BCUT2D eigenvalue weighted by Gasteiger charge is -2.49. The van der Waals surface area contributed by atoms with Crippen molar-refractivity contribution in [1.82, 2.24) is 4.90 Å². The van der Waals surface area contributed by atoms with E-state index in [1.165, 1.54) is 4.90 Å². The van der Waals surface area contributed by atoms with E-state index in [0.717, 1.165) is 22.5 Å². The van der Waals surface area contributed by atoms with Gasteiger partial charge in [-0.15, -0.1) is 0 Å². The first-order valence-electron chi connectivity index (χ1n) is 10.9. The van der Waals surface area contributed by atoms with Crippen LogP contribution in [0.2, 0.25) is 0 Å². The Kier molecular flexibility index (Phi) is 6.50. The molecule has 0 spiro atoms. The van der Waals surface area contributed by atoms with Crippen molar-refractivity contribution in [1.29, 1.82) is 0 Å². The highest BCUT2D eigenvalue weighted by molar-refractivity contribution is 9.10. The first kappa shape index (κ1) is 25.6. The number of carbonyl (C=O) groups is 1. The van der Waals surface area contributed by atoms with Gasteiger partial charge in [-0.3, -0.25) is 4.31 Å². The Morgan fingerprint density at radius 3 is 2.40 bits per heavy atom. The molecule has 35 heavy (non-hydrogen) atoms. The summed E-state index contributed by atoms with van der Waals surface area (Å²) in [6, 6.07) is 8.48. The molecule has 2 aromatic carbocycles. The van der Waals surface area contributed by atoms with Crippen LogP contribution in [-0.4, -0.2) is 57.2 Å². The maximum atomic E-state index is 13.6. The van der Waals surface area contributed by atoms with Gasteiger partial charge in [0.05, 0.1) is 34.4 Å². The van der Waals surface area contributed by atoms with Crippen molar-refractivity contribution >= 4 is 43.4 Å². The maximum Gasteiger partial charge on any atom is 0.416 e. The molecule has 190 valence electrons. The van der Waals surface area contributed by atoms with Crippen molar-refractivity contribution in [3.63, 3.8) is 0 Å². The van der Waals surface area contributed by atoms with Gasteiger partial charge in [0, 0.05) is 24.1 Å². The highest BCUT2D eigenvalue weighted by Gasteiger charge is 2.42. The Morgan fingerprint density at radius 2 is 1.74 bits per heavy atom. The largest absolute Gasteiger partial charge is 0.444 e. The number of alkyl halides is 3. The number of fused-ring (bicyclic) bond motifs is 3. The number of rotatable bonds is 2. The standard InChI is InChI=1S/C23H25BrF3N3O4S/c1-22(2,3)34-21(31)28-9-10-29-17(13-28)14-30(20-12-16(24)7-8-19(20)29)35(32,33)18-6-4-5-15(11-18)23(25,26)27/h4-8,11-12,17H,9-10,13-14H2,1-3H3/t17-/m0/s1. The second kappa shape index (κ2) is 8.88. The highest BCUT2D eigenvalue weighted by Crippen LogP contribution is 2.42. The van der Waals surface area contributed by atoms with Crippen molar-refractivity contribution in [2.45, 2.75) is 43.5 Å². The quantitative estimate of drug-likeness (QED) is 0.498. The zero-order valence-corrected chi connectivity index (χ0v) is 21.7. The van der Waals surface area contributed by atoms with Crippen LogP contribution in [0.4, 0.5) is 29.3 Å². The third kappa shape index (κ3) is 5.23. The first-order valence-corrected chi connectivity index (χ1v) is 13.1. The summed E-state index contributed by atoms with van der Waals surface area (Å²) in [5, 5.41) is 0. The van der Waals surface area contributed by atoms with Crippen molar-refractivity contribution in [2.75, 3.05) is 35.4 Å². The van der Waals surface area contributed by atoms with Gasteiger partial charge in [-0.25, -0.2) is 13.2 Å². The molecule has 12 heteroatoms. The summed E-state index contributed by atoms with van der Waals surface area (Å²) in [6.07, 6.45) is -5.17. The minimum Gasteiger partial charge on any atom is -0.444 e. The summed E-state index contributed by atoms with van der Waals surface area (Å²) >= 11 is 3.36. The van der Waals surface area contributed by atoms with Gasteiger partial charge in [-0.1, -0.05) is 22.0 Å². The van der Waals surface area contributed by atoms with Crippen molar-refractivity contribution in [3.05, 3.63) is 52.5 Å². The molecule has 7 nitrogen and oxygen atoms in total. The fourth-order valence-corrected chi connectivity index (χ4v) is 6.14. The summed E-state index contributed by atoms with van der Waals surface area (Å²) in [6.45, 7) is 6.30. The summed E-state index contributed by atoms with van der Waals surface area (Å²) in [4.78, 5) is 15.8. The summed E-state index contributed by atoms with van der Waals surface area (Å²) < 4.78 is 74.3. The van der Waals surface area contributed by atoms with Crippen LogP contribution in [-0.2, 0) is 20.9 Å². The molecule has 0 aromatic heterocycles. The van der Waals surface area contributed by atoms with Gasteiger partial charge in [0.25, 0.3) is 10.0 Å². The Bertz CT molecular complexity index is 1250. The average Bonchev–Trinajstić information content (AvgIpc) is 2.76. The fraction of sp³-hybridized carbons (Fsp3) is 0.435. The molecule has 1 fully saturated rings. The van der Waals surface area contributed by atoms with Crippen LogP contribution in [0, 0.1) is 0 Å². The molecule has 0 bridgehead atoms. The van der Waals surface area contributed by atoms with Gasteiger partial charge >= 0.3 is 12.3 Å². The molecule has 2 aliphatic heterocycles. The van der Waals surface area contributed by atoms with Gasteiger partial charge in [0.2, 0.25) is 0 Å². The predicted octanol–water partition coefficient (Wildman–Crippen LogP) is 5.10. The van der Waals surface area contributed by atoms with E-state index < -0.39 is 44.4 Å². The maximum absolute atomic E-state index is 13.6. The van der Waals surface area contributed by atoms with E-state index in [0.29, 0.717) is 35.0 Å². The van der Waals surface area contributed by atoms with Gasteiger partial charge in [-0.05, 0) is 57.2 Å². The smallest absolute Gasteiger partial charge is 0.416 e. The molecular formula is C23H25BrF3N3O4S. The Hall–Kier alpha value is -2.47. The summed E-state index contributed by atoms with van der Waals surface area (Å²) in [5.74, 6) is 0. The Morgan fingerprint density at radius 1 is 1.03 bits per heavy atom. The number of carbonyl (C=O) groups excluding carboxylic acids is 1. The van der Waals surface area contributed by atoms with E-state index in [-0.39, 0.29) is 13.1 Å². The van der Waals surface area contributed by atoms with E-state index in [2.05, 4.69) is 15.9 Å². The van der Waals surface area contributed by atoms with E-state index in [9.17, 15) is 26.4 Å². The average molecular weight is 576 g/mol. The minimum absolute atomic E-state index is 0.0403. The number of benzene rings is 2. The minimum atomic E-state index is -4.68. The molecule has 0 saturated carbocycles. The fourth-order valence-electron chi connectivity index (χ4n) is 4.24. The van der Waals surface area contributed by atoms with Crippen LogP contribution in [0.25, 0.3) is 0 Å². The molecular weight excluding hydrogens is 551 g/mol. The normalized spacial score (nSPS) is 18.7. The molecule has 1 saturated heterocycles. The number of anilines is 2. The number of hydrogen-bond donors (Lipinski definition) is 0. The second-order valence-electron chi connectivity index (χ2n) is 9.47. The zero-order valence-electron chi connectivity index (χ0n) is 19.3. The molecule has 1 amide bonds. The third-order valence-corrected chi connectivity index (χ3v) is 8.04. The lowest BCUT2D eigenvalue weighted by molar-refractivity contribution is -0.137. The Balaban J connectivity index is 1.72. The SMILES string of the molecule is CC(C)(C)OC(=O)N1CCN2c3ccc(Br)cc3N(S(=O)(=O)c3cccc(C(F)(F)F)c3)C[C@@H]2C1. The van der Waals surface area contributed by atoms with Crippen LogP contribution < -0.4 is 9.21 Å². The van der Waals surface area contributed by atoms with Gasteiger partial charge in [-0.2, -0.15) is 13.2 Å². The van der Waals surface area contributed by atoms with Gasteiger partial charge in [0.15, 0.2) is 0 Å². The number of hydrogen-bond acceptors (Lipinski definition) is 5. The molecule has 2 heterocycles. The first-order chi connectivity index (χ1) is 16.2. The van der Waals surface area contributed by atoms with Crippen LogP contribution in [0.3, 0.4) is 0 Å². The van der Waals surface area contributed by atoms with Crippen LogP contribution in [0.15, 0.2) is 51.8 Å². The molecule has 4 rings (SSSR count). The molecule has 0 unspecified atom stereocenters. The molecule has 0 aliphatic carbocycles. The van der Waals surface area contributed by atoms with Crippen LogP contribution in [0.5, 0.6) is 0 Å². The molecule has 0 radical (unpaired) electrons. The summed E-state index contributed by atoms with van der Waals surface area (Å²) in [5.41, 5.74) is -0.735.